The standard InChI is InChI=1S/C8H8OS2/c1-5(9)7-3-2-6(10)4-8(7)11/h2-4,10-11H,1H3. The van der Waals surface area contributed by atoms with Crippen molar-refractivity contribution < 1.29 is 4.79 Å². The third-order valence-corrected chi connectivity index (χ3v) is 2.01. The van der Waals surface area contributed by atoms with Crippen LogP contribution in [0.3, 0.4) is 0 Å². The van der Waals surface area contributed by atoms with Crippen LogP contribution in [0.4, 0.5) is 0 Å². The SMILES string of the molecule is CC(=O)c1ccc(S)cc1S. The normalized spacial score (nSPS) is 9.73. The molecule has 0 atom stereocenters. The maximum Gasteiger partial charge on any atom is 0.160 e. The average molecular weight is 184 g/mol. The fourth-order valence-corrected chi connectivity index (χ4v) is 1.49. The minimum atomic E-state index is 0.0309. The van der Waals surface area contributed by atoms with Crippen molar-refractivity contribution in [3.05, 3.63) is 23.8 Å². The van der Waals surface area contributed by atoms with Gasteiger partial charge in [-0.15, -0.1) is 25.3 Å². The molecule has 0 heterocycles. The molecule has 58 valence electrons. The van der Waals surface area contributed by atoms with Crippen molar-refractivity contribution in [2.75, 3.05) is 0 Å². The van der Waals surface area contributed by atoms with Gasteiger partial charge in [0.25, 0.3) is 0 Å². The van der Waals surface area contributed by atoms with Gasteiger partial charge in [0.2, 0.25) is 0 Å². The van der Waals surface area contributed by atoms with Gasteiger partial charge in [-0.25, -0.2) is 0 Å². The number of hydrogen-bond acceptors (Lipinski definition) is 3. The van der Waals surface area contributed by atoms with Crippen molar-refractivity contribution in [1.82, 2.24) is 0 Å². The van der Waals surface area contributed by atoms with Crippen LogP contribution in [0.5, 0.6) is 0 Å². The van der Waals surface area contributed by atoms with Crippen LogP contribution in [0, 0.1) is 0 Å². The number of benzene rings is 1. The predicted molar refractivity (Wildman–Crippen MR) is 51.0 cm³/mol. The molecule has 1 aromatic carbocycles. The van der Waals surface area contributed by atoms with Crippen molar-refractivity contribution in [1.29, 1.82) is 0 Å². The Labute approximate surface area is 76.6 Å². The van der Waals surface area contributed by atoms with E-state index < -0.39 is 0 Å². The van der Waals surface area contributed by atoms with E-state index in [0.29, 0.717) is 10.5 Å². The van der Waals surface area contributed by atoms with E-state index in [0.717, 1.165) is 4.90 Å². The number of carbonyl (C=O) groups excluding carboxylic acids is 1. The molecule has 0 radical (unpaired) electrons. The Bertz CT molecular complexity index is 294. The lowest BCUT2D eigenvalue weighted by Crippen LogP contribution is -1.92. The van der Waals surface area contributed by atoms with Gasteiger partial charge in [-0.3, -0.25) is 4.79 Å². The summed E-state index contributed by atoms with van der Waals surface area (Å²) in [5.41, 5.74) is 0.645. The lowest BCUT2D eigenvalue weighted by Gasteiger charge is -2.00. The van der Waals surface area contributed by atoms with Gasteiger partial charge >= 0.3 is 0 Å². The predicted octanol–water partition coefficient (Wildman–Crippen LogP) is 2.47. The molecule has 0 aliphatic carbocycles. The number of hydrogen-bond donors (Lipinski definition) is 2. The molecular formula is C8H8OS2. The molecule has 0 aliphatic heterocycles. The molecule has 0 amide bonds. The second kappa shape index (κ2) is 3.32. The Balaban J connectivity index is 3.20. The first-order chi connectivity index (χ1) is 5.11. The molecular weight excluding hydrogens is 176 g/mol. The second-order valence-electron chi connectivity index (χ2n) is 2.26. The van der Waals surface area contributed by atoms with Crippen LogP contribution >= 0.6 is 25.3 Å². The first-order valence-corrected chi connectivity index (χ1v) is 4.03. The van der Waals surface area contributed by atoms with Crippen LogP contribution in [0.1, 0.15) is 17.3 Å². The smallest absolute Gasteiger partial charge is 0.160 e. The lowest BCUT2D eigenvalue weighted by atomic mass is 10.1. The molecule has 0 spiro atoms. The number of ketones is 1. The molecule has 1 nitrogen and oxygen atoms in total. The first kappa shape index (κ1) is 8.68. The van der Waals surface area contributed by atoms with Crippen molar-refractivity contribution in [2.45, 2.75) is 16.7 Å². The summed E-state index contributed by atoms with van der Waals surface area (Å²) in [6.07, 6.45) is 0. The average Bonchev–Trinajstić information content (AvgIpc) is 1.85. The van der Waals surface area contributed by atoms with Gasteiger partial charge in [0, 0.05) is 15.4 Å². The van der Waals surface area contributed by atoms with E-state index in [2.05, 4.69) is 25.3 Å². The number of carbonyl (C=O) groups is 1. The highest BCUT2D eigenvalue weighted by atomic mass is 32.1. The summed E-state index contributed by atoms with van der Waals surface area (Å²) < 4.78 is 0. The van der Waals surface area contributed by atoms with E-state index in [9.17, 15) is 4.79 Å². The van der Waals surface area contributed by atoms with Gasteiger partial charge in [0.05, 0.1) is 0 Å². The maximum atomic E-state index is 10.9. The van der Waals surface area contributed by atoms with Crippen molar-refractivity contribution >= 4 is 31.0 Å². The maximum absolute atomic E-state index is 10.9. The fraction of sp³-hybridized carbons (Fsp3) is 0.125. The molecule has 0 fully saturated rings. The van der Waals surface area contributed by atoms with Gasteiger partial charge in [0.15, 0.2) is 5.78 Å². The highest BCUT2D eigenvalue weighted by Crippen LogP contribution is 2.18. The largest absolute Gasteiger partial charge is 0.294 e. The van der Waals surface area contributed by atoms with Crippen molar-refractivity contribution in [3.8, 4) is 0 Å². The highest BCUT2D eigenvalue weighted by Gasteiger charge is 2.02. The third kappa shape index (κ3) is 2.01. The summed E-state index contributed by atoms with van der Waals surface area (Å²) in [6.45, 7) is 1.52. The Morgan fingerprint density at radius 3 is 2.45 bits per heavy atom. The van der Waals surface area contributed by atoms with Crippen LogP contribution in [0.25, 0.3) is 0 Å². The zero-order valence-corrected chi connectivity index (χ0v) is 7.82. The Hall–Kier alpha value is -0.410. The molecule has 3 heteroatoms. The van der Waals surface area contributed by atoms with Gasteiger partial charge in [-0.1, -0.05) is 0 Å². The van der Waals surface area contributed by atoms with E-state index in [1.165, 1.54) is 6.92 Å². The van der Waals surface area contributed by atoms with Gasteiger partial charge < -0.3 is 0 Å². The molecule has 11 heavy (non-hydrogen) atoms. The molecule has 1 aromatic rings. The monoisotopic (exact) mass is 184 g/mol. The second-order valence-corrected chi connectivity index (χ2v) is 3.26. The van der Waals surface area contributed by atoms with E-state index in [1.807, 2.05) is 0 Å². The molecule has 0 aliphatic rings. The summed E-state index contributed by atoms with van der Waals surface area (Å²) >= 11 is 8.25. The summed E-state index contributed by atoms with van der Waals surface area (Å²) in [6, 6.07) is 5.26. The summed E-state index contributed by atoms with van der Waals surface area (Å²) in [7, 11) is 0. The van der Waals surface area contributed by atoms with Crippen LogP contribution < -0.4 is 0 Å². The van der Waals surface area contributed by atoms with E-state index >= 15 is 0 Å². The fourth-order valence-electron chi connectivity index (χ4n) is 0.818. The number of thiol groups is 2. The molecule has 0 unspecified atom stereocenters. The minimum absolute atomic E-state index is 0.0309. The first-order valence-electron chi connectivity index (χ1n) is 3.14. The highest BCUT2D eigenvalue weighted by molar-refractivity contribution is 7.81. The Morgan fingerprint density at radius 2 is 2.00 bits per heavy atom. The van der Waals surface area contributed by atoms with Gasteiger partial charge in [0.1, 0.15) is 0 Å². The quantitative estimate of drug-likeness (QED) is 0.506. The van der Waals surface area contributed by atoms with Crippen molar-refractivity contribution in [2.24, 2.45) is 0 Å². The van der Waals surface area contributed by atoms with Crippen molar-refractivity contribution in [3.63, 3.8) is 0 Å². The van der Waals surface area contributed by atoms with Crippen LogP contribution in [0.15, 0.2) is 28.0 Å². The van der Waals surface area contributed by atoms with E-state index in [1.54, 1.807) is 18.2 Å². The molecule has 0 saturated heterocycles. The van der Waals surface area contributed by atoms with Crippen LogP contribution in [-0.2, 0) is 0 Å². The summed E-state index contributed by atoms with van der Waals surface area (Å²) in [4.78, 5) is 12.4. The zero-order valence-electron chi connectivity index (χ0n) is 6.03. The van der Waals surface area contributed by atoms with E-state index in [-0.39, 0.29) is 5.78 Å². The van der Waals surface area contributed by atoms with Gasteiger partial charge in [-0.05, 0) is 25.1 Å². The zero-order chi connectivity index (χ0) is 8.43. The molecule has 0 saturated carbocycles. The Morgan fingerprint density at radius 1 is 1.36 bits per heavy atom. The molecule has 0 bridgehead atoms. The topological polar surface area (TPSA) is 17.1 Å². The summed E-state index contributed by atoms with van der Waals surface area (Å²) in [5.74, 6) is 0.0309. The summed E-state index contributed by atoms with van der Waals surface area (Å²) in [5, 5.41) is 0. The number of Topliss-reactive ketones (excluding diaryl/α,β-unsaturated/α-hetero) is 1. The van der Waals surface area contributed by atoms with Crippen LogP contribution in [-0.4, -0.2) is 5.78 Å². The lowest BCUT2D eigenvalue weighted by molar-refractivity contribution is 0.101. The third-order valence-electron chi connectivity index (χ3n) is 1.36. The van der Waals surface area contributed by atoms with E-state index in [4.69, 9.17) is 0 Å². The number of rotatable bonds is 1. The molecule has 0 aromatic heterocycles. The molecule has 0 N–H and O–H groups in total. The van der Waals surface area contributed by atoms with Crippen LogP contribution in [0.2, 0.25) is 0 Å². The minimum Gasteiger partial charge on any atom is -0.294 e. The molecule has 1 rings (SSSR count). The van der Waals surface area contributed by atoms with Gasteiger partial charge in [-0.2, -0.15) is 0 Å². The Kier molecular flexibility index (Phi) is 2.62.